The van der Waals surface area contributed by atoms with Gasteiger partial charge < -0.3 is 4.74 Å². The Morgan fingerprint density at radius 1 is 0.966 bits per heavy atom. The molecule has 0 bridgehead atoms. The summed E-state index contributed by atoms with van der Waals surface area (Å²) in [6.45, 7) is 0.659. The van der Waals surface area contributed by atoms with Crippen LogP contribution < -0.4 is 0 Å². The molecule has 29 heavy (non-hydrogen) atoms. The Hall–Kier alpha value is -2.40. The summed E-state index contributed by atoms with van der Waals surface area (Å²) in [7, 11) is 1.70. The number of rotatable bonds is 6. The summed E-state index contributed by atoms with van der Waals surface area (Å²) < 4.78 is 42.6. The first-order valence-corrected chi connectivity index (χ1v) is 9.86. The van der Waals surface area contributed by atoms with Gasteiger partial charge >= 0.3 is 6.18 Å². The highest BCUT2D eigenvalue weighted by Gasteiger charge is 2.39. The quantitative estimate of drug-likeness (QED) is 0.403. The maximum atomic E-state index is 12.5. The first-order chi connectivity index (χ1) is 13.9. The van der Waals surface area contributed by atoms with E-state index in [0.29, 0.717) is 18.4 Å². The smallest absolute Gasteiger partial charge is 0.381 e. The van der Waals surface area contributed by atoms with Crippen molar-refractivity contribution >= 4 is 5.78 Å². The number of ether oxygens (including phenoxy) is 1. The number of alkyl halides is 3. The van der Waals surface area contributed by atoms with E-state index in [2.05, 4.69) is 24.3 Å². The third-order valence-electron chi connectivity index (χ3n) is 5.56. The Kier molecular flexibility index (Phi) is 6.91. The van der Waals surface area contributed by atoms with E-state index >= 15 is 0 Å². The number of halogens is 3. The number of Topliss-reactive ketones (excluding diaryl/α,β-unsaturated/α-hetero) is 1. The molecule has 0 heterocycles. The van der Waals surface area contributed by atoms with Gasteiger partial charge in [-0.25, -0.2) is 0 Å². The maximum absolute atomic E-state index is 12.5. The van der Waals surface area contributed by atoms with Gasteiger partial charge in [0.05, 0.1) is 6.61 Å². The van der Waals surface area contributed by atoms with Gasteiger partial charge in [-0.15, -0.1) is 0 Å². The maximum Gasteiger partial charge on any atom is 0.454 e. The molecule has 0 saturated heterocycles. The van der Waals surface area contributed by atoms with Gasteiger partial charge in [0.15, 0.2) is 0 Å². The Morgan fingerprint density at radius 3 is 2.03 bits per heavy atom. The summed E-state index contributed by atoms with van der Waals surface area (Å²) in [5.41, 5.74) is 2.68. The SMILES string of the molecule is COCC=CC1CCC(c2ccc(-c3ccc(C(=O)C(F)(F)F)cc3)cc2)CC1. The molecule has 5 heteroatoms. The van der Waals surface area contributed by atoms with E-state index < -0.39 is 12.0 Å². The van der Waals surface area contributed by atoms with Crippen LogP contribution in [-0.2, 0) is 4.74 Å². The van der Waals surface area contributed by atoms with E-state index in [9.17, 15) is 18.0 Å². The molecule has 0 unspecified atom stereocenters. The van der Waals surface area contributed by atoms with Gasteiger partial charge in [-0.3, -0.25) is 4.79 Å². The minimum Gasteiger partial charge on any atom is -0.381 e. The second kappa shape index (κ2) is 9.40. The first kappa shape index (κ1) is 21.3. The standard InChI is InChI=1S/C24H25F3O2/c1-29-16-2-3-17-4-6-18(7-5-17)19-8-10-20(11-9-19)21-12-14-22(15-13-21)23(28)24(25,26)27/h2-3,8-15,17-18H,4-7,16H2,1H3. The molecule has 0 amide bonds. The predicted octanol–water partition coefficient (Wildman–Crippen LogP) is 6.58. The normalized spacial score (nSPS) is 20.1. The number of ketones is 1. The Morgan fingerprint density at radius 2 is 1.52 bits per heavy atom. The molecule has 0 N–H and O–H groups in total. The molecule has 0 radical (unpaired) electrons. The van der Waals surface area contributed by atoms with Crippen molar-refractivity contribution in [1.29, 1.82) is 0 Å². The molecule has 1 fully saturated rings. The lowest BCUT2D eigenvalue weighted by molar-refractivity contribution is -0.0885. The summed E-state index contributed by atoms with van der Waals surface area (Å²) in [4.78, 5) is 11.3. The first-order valence-electron chi connectivity index (χ1n) is 9.86. The van der Waals surface area contributed by atoms with Crippen molar-refractivity contribution in [2.24, 2.45) is 5.92 Å². The van der Waals surface area contributed by atoms with E-state index in [1.54, 1.807) is 19.2 Å². The highest BCUT2D eigenvalue weighted by atomic mass is 19.4. The summed E-state index contributed by atoms with van der Waals surface area (Å²) in [5, 5.41) is 0. The van der Waals surface area contributed by atoms with Crippen molar-refractivity contribution in [2.75, 3.05) is 13.7 Å². The van der Waals surface area contributed by atoms with Gasteiger partial charge in [-0.05, 0) is 54.2 Å². The van der Waals surface area contributed by atoms with Crippen LogP contribution in [0.1, 0.15) is 47.5 Å². The van der Waals surface area contributed by atoms with Crippen LogP contribution >= 0.6 is 0 Å². The monoisotopic (exact) mass is 402 g/mol. The number of carbonyl (C=O) groups is 1. The van der Waals surface area contributed by atoms with Crippen molar-refractivity contribution in [2.45, 2.75) is 37.8 Å². The molecule has 2 aromatic carbocycles. The molecule has 1 aliphatic rings. The van der Waals surface area contributed by atoms with Crippen molar-refractivity contribution in [1.82, 2.24) is 0 Å². The predicted molar refractivity (Wildman–Crippen MR) is 108 cm³/mol. The number of hydrogen-bond acceptors (Lipinski definition) is 2. The molecule has 0 atom stereocenters. The van der Waals surface area contributed by atoms with Crippen LogP contribution in [0.15, 0.2) is 60.7 Å². The van der Waals surface area contributed by atoms with E-state index in [-0.39, 0.29) is 5.56 Å². The molecule has 0 spiro atoms. The van der Waals surface area contributed by atoms with E-state index in [1.807, 2.05) is 12.1 Å². The molecule has 154 valence electrons. The molecule has 0 aromatic heterocycles. The number of methoxy groups -OCH3 is 1. The minimum atomic E-state index is -4.85. The number of benzene rings is 2. The fraction of sp³-hybridized carbons (Fsp3) is 0.375. The highest BCUT2D eigenvalue weighted by Crippen LogP contribution is 2.37. The largest absolute Gasteiger partial charge is 0.454 e. The van der Waals surface area contributed by atoms with Gasteiger partial charge in [0.1, 0.15) is 0 Å². The second-order valence-electron chi connectivity index (χ2n) is 7.52. The molecule has 2 aromatic rings. The van der Waals surface area contributed by atoms with Gasteiger partial charge in [0.25, 0.3) is 5.78 Å². The molecule has 3 rings (SSSR count). The topological polar surface area (TPSA) is 26.3 Å². The lowest BCUT2D eigenvalue weighted by Crippen LogP contribution is -2.22. The summed E-state index contributed by atoms with van der Waals surface area (Å²) in [5.74, 6) is -0.645. The van der Waals surface area contributed by atoms with Crippen LogP contribution in [0.25, 0.3) is 11.1 Å². The zero-order valence-electron chi connectivity index (χ0n) is 16.4. The van der Waals surface area contributed by atoms with Crippen LogP contribution in [0.5, 0.6) is 0 Å². The van der Waals surface area contributed by atoms with Crippen LogP contribution in [-0.4, -0.2) is 25.7 Å². The highest BCUT2D eigenvalue weighted by molar-refractivity contribution is 6.00. The van der Waals surface area contributed by atoms with Gasteiger partial charge in [-0.2, -0.15) is 13.2 Å². The van der Waals surface area contributed by atoms with E-state index in [0.717, 1.165) is 24.0 Å². The lowest BCUT2D eigenvalue weighted by atomic mass is 9.78. The fourth-order valence-corrected chi connectivity index (χ4v) is 3.91. The molecule has 2 nitrogen and oxygen atoms in total. The van der Waals surface area contributed by atoms with Crippen LogP contribution in [0, 0.1) is 5.92 Å². The Balaban J connectivity index is 1.61. The third kappa shape index (κ3) is 5.57. The van der Waals surface area contributed by atoms with Crippen molar-refractivity contribution in [3.8, 4) is 11.1 Å². The number of hydrogen-bond donors (Lipinski definition) is 0. The number of carbonyl (C=O) groups excluding carboxylic acids is 1. The molecule has 0 aliphatic heterocycles. The van der Waals surface area contributed by atoms with Crippen LogP contribution in [0.4, 0.5) is 13.2 Å². The minimum absolute atomic E-state index is 0.339. The lowest BCUT2D eigenvalue weighted by Gasteiger charge is -2.27. The van der Waals surface area contributed by atoms with Crippen LogP contribution in [0.2, 0.25) is 0 Å². The fourth-order valence-electron chi connectivity index (χ4n) is 3.91. The van der Waals surface area contributed by atoms with Crippen LogP contribution in [0.3, 0.4) is 0 Å². The summed E-state index contributed by atoms with van der Waals surface area (Å²) in [6.07, 6.45) is 4.14. The molecule has 1 aliphatic carbocycles. The zero-order chi connectivity index (χ0) is 20.9. The number of allylic oxidation sites excluding steroid dienone is 1. The van der Waals surface area contributed by atoms with E-state index in [1.165, 1.54) is 30.5 Å². The van der Waals surface area contributed by atoms with Gasteiger partial charge in [0, 0.05) is 12.7 Å². The molecular weight excluding hydrogens is 377 g/mol. The average Bonchev–Trinajstić information content (AvgIpc) is 2.73. The van der Waals surface area contributed by atoms with Crippen molar-refractivity contribution in [3.05, 3.63) is 71.8 Å². The summed E-state index contributed by atoms with van der Waals surface area (Å²) in [6, 6.07) is 13.8. The molecular formula is C24H25F3O2. The third-order valence-corrected chi connectivity index (χ3v) is 5.56. The Bertz CT molecular complexity index is 828. The van der Waals surface area contributed by atoms with Crippen molar-refractivity contribution < 1.29 is 22.7 Å². The Labute approximate surface area is 169 Å². The molecule has 1 saturated carbocycles. The zero-order valence-corrected chi connectivity index (χ0v) is 16.4. The average molecular weight is 402 g/mol. The van der Waals surface area contributed by atoms with E-state index in [4.69, 9.17) is 4.74 Å². The van der Waals surface area contributed by atoms with Crippen molar-refractivity contribution in [3.63, 3.8) is 0 Å². The summed E-state index contributed by atoms with van der Waals surface area (Å²) >= 11 is 0. The van der Waals surface area contributed by atoms with Gasteiger partial charge in [0.2, 0.25) is 0 Å². The van der Waals surface area contributed by atoms with Gasteiger partial charge in [-0.1, -0.05) is 60.7 Å². The second-order valence-corrected chi connectivity index (χ2v) is 7.52.